The second-order valence-corrected chi connectivity index (χ2v) is 6.25. The summed E-state index contributed by atoms with van der Waals surface area (Å²) in [6, 6.07) is 4.49. The van der Waals surface area contributed by atoms with Crippen LogP contribution in [0.5, 0.6) is 0 Å². The molecule has 0 saturated heterocycles. The van der Waals surface area contributed by atoms with Gasteiger partial charge in [0.05, 0.1) is 17.8 Å². The summed E-state index contributed by atoms with van der Waals surface area (Å²) in [5, 5.41) is 17.6. The van der Waals surface area contributed by atoms with E-state index in [-0.39, 0.29) is 11.5 Å². The topological polar surface area (TPSA) is 118 Å². The number of sulfonamides is 1. The Morgan fingerprint density at radius 2 is 2.06 bits per heavy atom. The fourth-order valence-electron chi connectivity index (χ4n) is 2.09. The molecule has 18 heavy (non-hydrogen) atoms. The van der Waals surface area contributed by atoms with Crippen molar-refractivity contribution in [2.45, 2.75) is 29.7 Å². The van der Waals surface area contributed by atoms with Crippen LogP contribution in [0, 0.1) is 0 Å². The maximum atomic E-state index is 11.5. The Morgan fingerprint density at radius 1 is 1.39 bits per heavy atom. The molecule has 1 fully saturated rings. The lowest BCUT2D eigenvalue weighted by Gasteiger charge is -2.42. The largest absolute Gasteiger partial charge is 0.399 e. The Labute approximate surface area is 106 Å². The lowest BCUT2D eigenvalue weighted by Crippen LogP contribution is -2.48. The smallest absolute Gasteiger partial charge is 0.240 e. The fraction of sp³-hybridized carbons (Fsp3) is 0.455. The van der Waals surface area contributed by atoms with E-state index in [1.807, 2.05) is 0 Å². The number of hydrogen-bond donors (Lipinski definition) is 4. The average Bonchev–Trinajstić information content (AvgIpc) is 2.24. The summed E-state index contributed by atoms with van der Waals surface area (Å²) in [6.45, 7) is -0.0402. The standard InChI is InChI=1S/C11H17N3O3S/c12-8-2-3-9(10(6-8)18(13,16)17)14-11(7-15)4-1-5-11/h2-3,6,14-15H,1,4-5,7,12H2,(H2,13,16,17). The number of aliphatic hydroxyl groups is 1. The Balaban J connectivity index is 2.39. The Bertz CT molecular complexity index is 547. The quantitative estimate of drug-likeness (QED) is 0.585. The van der Waals surface area contributed by atoms with Crippen molar-refractivity contribution in [1.82, 2.24) is 0 Å². The molecule has 0 radical (unpaired) electrons. The van der Waals surface area contributed by atoms with Crippen LogP contribution in [0.2, 0.25) is 0 Å². The molecule has 0 bridgehead atoms. The number of nitrogen functional groups attached to an aromatic ring is 1. The third kappa shape index (κ3) is 2.43. The van der Waals surface area contributed by atoms with Gasteiger partial charge in [0, 0.05) is 5.69 Å². The van der Waals surface area contributed by atoms with Crippen LogP contribution in [-0.2, 0) is 10.0 Å². The number of hydrogen-bond acceptors (Lipinski definition) is 5. The minimum absolute atomic E-state index is 0.0396. The molecule has 0 unspecified atom stereocenters. The van der Waals surface area contributed by atoms with E-state index >= 15 is 0 Å². The summed E-state index contributed by atoms with van der Waals surface area (Å²) in [5.74, 6) is 0. The normalized spacial score (nSPS) is 18.1. The molecule has 100 valence electrons. The van der Waals surface area contributed by atoms with Crippen molar-refractivity contribution < 1.29 is 13.5 Å². The summed E-state index contributed by atoms with van der Waals surface area (Å²) >= 11 is 0. The fourth-order valence-corrected chi connectivity index (χ4v) is 2.82. The zero-order valence-corrected chi connectivity index (χ0v) is 10.7. The maximum absolute atomic E-state index is 11.5. The number of rotatable bonds is 4. The van der Waals surface area contributed by atoms with Gasteiger partial charge in [0.1, 0.15) is 4.90 Å². The Hall–Kier alpha value is -1.31. The molecular weight excluding hydrogens is 254 g/mol. The van der Waals surface area contributed by atoms with Gasteiger partial charge in [0.2, 0.25) is 10.0 Å². The molecule has 0 heterocycles. The first-order chi connectivity index (χ1) is 8.36. The predicted molar refractivity (Wildman–Crippen MR) is 69.5 cm³/mol. The van der Waals surface area contributed by atoms with Crippen LogP contribution in [0.25, 0.3) is 0 Å². The molecule has 1 aromatic carbocycles. The zero-order valence-electron chi connectivity index (χ0n) is 9.89. The zero-order chi connectivity index (χ0) is 13.4. The van der Waals surface area contributed by atoms with Crippen molar-refractivity contribution in [2.24, 2.45) is 5.14 Å². The number of aliphatic hydroxyl groups excluding tert-OH is 1. The van der Waals surface area contributed by atoms with Crippen LogP contribution in [0.1, 0.15) is 19.3 Å². The highest BCUT2D eigenvalue weighted by Gasteiger charge is 2.37. The van der Waals surface area contributed by atoms with Crippen LogP contribution >= 0.6 is 0 Å². The van der Waals surface area contributed by atoms with Gasteiger partial charge in [0.25, 0.3) is 0 Å². The summed E-state index contributed by atoms with van der Waals surface area (Å²) in [4.78, 5) is -0.0396. The number of nitrogens with two attached hydrogens (primary N) is 2. The summed E-state index contributed by atoms with van der Waals surface area (Å²) in [5.41, 5.74) is 5.85. The minimum Gasteiger partial charge on any atom is -0.399 e. The van der Waals surface area contributed by atoms with Crippen LogP contribution in [0.3, 0.4) is 0 Å². The first kappa shape index (κ1) is 13.1. The maximum Gasteiger partial charge on any atom is 0.240 e. The van der Waals surface area contributed by atoms with Crippen molar-refractivity contribution in [3.05, 3.63) is 18.2 Å². The molecule has 7 heteroatoms. The van der Waals surface area contributed by atoms with Crippen molar-refractivity contribution >= 4 is 21.4 Å². The summed E-state index contributed by atoms with van der Waals surface area (Å²) < 4.78 is 23.0. The van der Waals surface area contributed by atoms with E-state index < -0.39 is 15.6 Å². The number of anilines is 2. The Kier molecular flexibility index (Phi) is 3.22. The van der Waals surface area contributed by atoms with Crippen molar-refractivity contribution in [3.8, 4) is 0 Å². The lowest BCUT2D eigenvalue weighted by atomic mass is 9.77. The van der Waals surface area contributed by atoms with Gasteiger partial charge in [-0.15, -0.1) is 0 Å². The Morgan fingerprint density at radius 3 is 2.50 bits per heavy atom. The monoisotopic (exact) mass is 271 g/mol. The van der Waals surface area contributed by atoms with Gasteiger partial charge >= 0.3 is 0 Å². The van der Waals surface area contributed by atoms with Gasteiger partial charge in [-0.2, -0.15) is 0 Å². The van der Waals surface area contributed by atoms with E-state index in [1.54, 1.807) is 12.1 Å². The van der Waals surface area contributed by atoms with Crippen LogP contribution in [0.15, 0.2) is 23.1 Å². The number of primary sulfonamides is 1. The average molecular weight is 271 g/mol. The molecule has 6 nitrogen and oxygen atoms in total. The first-order valence-electron chi connectivity index (χ1n) is 5.68. The van der Waals surface area contributed by atoms with E-state index in [1.165, 1.54) is 6.07 Å². The van der Waals surface area contributed by atoms with Gasteiger partial charge in [-0.1, -0.05) is 0 Å². The van der Waals surface area contributed by atoms with Gasteiger partial charge in [-0.3, -0.25) is 0 Å². The SMILES string of the molecule is Nc1ccc(NC2(CO)CCC2)c(S(N)(=O)=O)c1. The highest BCUT2D eigenvalue weighted by atomic mass is 32.2. The lowest BCUT2D eigenvalue weighted by molar-refractivity contribution is 0.144. The van der Waals surface area contributed by atoms with Crippen LogP contribution < -0.4 is 16.2 Å². The highest BCUT2D eigenvalue weighted by molar-refractivity contribution is 7.89. The molecule has 0 atom stereocenters. The van der Waals surface area contributed by atoms with Gasteiger partial charge < -0.3 is 16.2 Å². The second kappa shape index (κ2) is 4.42. The summed E-state index contributed by atoms with van der Waals surface area (Å²) in [7, 11) is -3.84. The predicted octanol–water partition coefficient (Wildman–Crippen LogP) is 0.243. The third-order valence-electron chi connectivity index (χ3n) is 3.33. The van der Waals surface area contributed by atoms with E-state index in [0.29, 0.717) is 11.4 Å². The van der Waals surface area contributed by atoms with Crippen LogP contribution in [0.4, 0.5) is 11.4 Å². The van der Waals surface area contributed by atoms with E-state index in [0.717, 1.165) is 19.3 Å². The van der Waals surface area contributed by atoms with Crippen LogP contribution in [-0.4, -0.2) is 25.7 Å². The molecule has 1 aliphatic rings. The molecule has 1 aromatic rings. The van der Waals surface area contributed by atoms with Gasteiger partial charge in [-0.25, -0.2) is 13.6 Å². The van der Waals surface area contributed by atoms with Crippen molar-refractivity contribution in [3.63, 3.8) is 0 Å². The molecule has 1 aliphatic carbocycles. The van der Waals surface area contributed by atoms with E-state index in [2.05, 4.69) is 5.32 Å². The van der Waals surface area contributed by atoms with Gasteiger partial charge in [-0.05, 0) is 37.5 Å². The van der Waals surface area contributed by atoms with E-state index in [4.69, 9.17) is 10.9 Å². The third-order valence-corrected chi connectivity index (χ3v) is 4.28. The summed E-state index contributed by atoms with van der Waals surface area (Å²) in [6.07, 6.45) is 2.61. The van der Waals surface area contributed by atoms with E-state index in [9.17, 15) is 13.5 Å². The van der Waals surface area contributed by atoms with Crippen molar-refractivity contribution in [2.75, 3.05) is 17.7 Å². The first-order valence-corrected chi connectivity index (χ1v) is 7.22. The molecule has 0 aliphatic heterocycles. The number of nitrogens with one attached hydrogen (secondary N) is 1. The highest BCUT2D eigenvalue weighted by Crippen LogP contribution is 2.36. The minimum atomic E-state index is -3.84. The van der Waals surface area contributed by atoms with Gasteiger partial charge in [0.15, 0.2) is 0 Å². The molecule has 1 saturated carbocycles. The molecule has 0 aromatic heterocycles. The molecule has 6 N–H and O–H groups in total. The second-order valence-electron chi connectivity index (χ2n) is 4.72. The molecular formula is C11H17N3O3S. The number of benzene rings is 1. The molecule has 0 amide bonds. The molecule has 0 spiro atoms. The van der Waals surface area contributed by atoms with Crippen molar-refractivity contribution in [1.29, 1.82) is 0 Å². The molecule has 2 rings (SSSR count).